The van der Waals surface area contributed by atoms with Crippen molar-refractivity contribution in [3.63, 3.8) is 0 Å². The number of anilines is 3. The Hall–Kier alpha value is -4.10. The fraction of sp³-hybridized carbons (Fsp3) is 0.464. The first-order valence-electron chi connectivity index (χ1n) is 22.6. The number of nitrogens with zero attached hydrogens (tertiary/aromatic N) is 1. The third-order valence-electron chi connectivity index (χ3n) is 17.2. The number of rotatable bonds is 4. The topological polar surface area (TPSA) is 3.24 Å². The largest absolute Gasteiger partial charge is 0.310 e. The van der Waals surface area contributed by atoms with E-state index in [1.807, 2.05) is 0 Å². The van der Waals surface area contributed by atoms with E-state index < -0.39 is 0 Å². The van der Waals surface area contributed by atoms with Gasteiger partial charge >= 0.3 is 0 Å². The highest BCUT2D eigenvalue weighted by Crippen LogP contribution is 2.69. The Morgan fingerprint density at radius 1 is 0.386 bits per heavy atom. The van der Waals surface area contributed by atoms with Crippen LogP contribution in [0.5, 0.6) is 0 Å². The molecule has 1 spiro atoms. The van der Waals surface area contributed by atoms with Gasteiger partial charge in [0.2, 0.25) is 0 Å². The van der Waals surface area contributed by atoms with Crippen molar-refractivity contribution < 1.29 is 0 Å². The van der Waals surface area contributed by atoms with Crippen molar-refractivity contribution in [2.24, 2.45) is 23.7 Å². The minimum Gasteiger partial charge on any atom is -0.310 e. The van der Waals surface area contributed by atoms with E-state index in [1.165, 1.54) is 119 Å². The summed E-state index contributed by atoms with van der Waals surface area (Å²) in [4.78, 5) is 2.57. The zero-order valence-corrected chi connectivity index (χ0v) is 35.9. The third kappa shape index (κ3) is 5.18. The molecule has 4 bridgehead atoms. The van der Waals surface area contributed by atoms with Gasteiger partial charge in [0.05, 0.1) is 0 Å². The van der Waals surface area contributed by atoms with Crippen molar-refractivity contribution in [1.82, 2.24) is 0 Å². The minimum atomic E-state index is 0.133. The van der Waals surface area contributed by atoms with E-state index in [2.05, 4.69) is 163 Å². The summed E-state index contributed by atoms with van der Waals surface area (Å²) in [7, 11) is 0. The van der Waals surface area contributed by atoms with Gasteiger partial charge in [0.15, 0.2) is 0 Å². The van der Waals surface area contributed by atoms with Crippen molar-refractivity contribution in [1.29, 1.82) is 0 Å². The molecule has 0 radical (unpaired) electrons. The van der Waals surface area contributed by atoms with Crippen LogP contribution in [0.1, 0.15) is 147 Å². The standard InChI is InChI=1S/C56H63N/c1-52(2)23-25-54(5,6)50-32-38(15-20-48(50)52)37-13-16-41(17-14-37)57(43-19-22-49-51(34-43)55(7,8)26-24-53(49,3)4)42-18-21-47-45(33-42)44-11-9-10-12-46(44)56(47)39-28-35-27-36(30-39)31-40(56)29-35/h9-22,32-36,39-40H,23-31H2,1-8H3. The molecule has 7 aliphatic carbocycles. The first-order chi connectivity index (χ1) is 27.2. The average molecular weight is 750 g/mol. The third-order valence-corrected chi connectivity index (χ3v) is 17.2. The zero-order chi connectivity index (χ0) is 39.3. The average Bonchev–Trinajstić information content (AvgIpc) is 3.48. The van der Waals surface area contributed by atoms with Crippen LogP contribution < -0.4 is 4.90 Å². The van der Waals surface area contributed by atoms with Gasteiger partial charge in [0.1, 0.15) is 0 Å². The highest BCUT2D eigenvalue weighted by atomic mass is 15.1. The van der Waals surface area contributed by atoms with Gasteiger partial charge in [-0.3, -0.25) is 0 Å². The smallest absolute Gasteiger partial charge is 0.0468 e. The fourth-order valence-corrected chi connectivity index (χ4v) is 14.0. The highest BCUT2D eigenvalue weighted by molar-refractivity contribution is 5.88. The van der Waals surface area contributed by atoms with Crippen LogP contribution in [-0.4, -0.2) is 0 Å². The van der Waals surface area contributed by atoms with Crippen molar-refractivity contribution in [3.8, 4) is 22.3 Å². The summed E-state index contributed by atoms with van der Waals surface area (Å²) >= 11 is 0. The summed E-state index contributed by atoms with van der Waals surface area (Å²) < 4.78 is 0. The van der Waals surface area contributed by atoms with E-state index in [-0.39, 0.29) is 27.1 Å². The van der Waals surface area contributed by atoms with Crippen LogP contribution in [0.15, 0.2) is 103 Å². The van der Waals surface area contributed by atoms with E-state index >= 15 is 0 Å². The lowest BCUT2D eigenvalue weighted by molar-refractivity contribution is -0.0399. The van der Waals surface area contributed by atoms with Gasteiger partial charge < -0.3 is 4.90 Å². The molecule has 0 amide bonds. The van der Waals surface area contributed by atoms with Crippen LogP contribution in [0.4, 0.5) is 17.1 Å². The number of fused-ring (bicyclic) bond motifs is 5. The molecule has 57 heavy (non-hydrogen) atoms. The Kier molecular flexibility index (Phi) is 7.58. The molecule has 0 saturated heterocycles. The van der Waals surface area contributed by atoms with Crippen LogP contribution in [0.25, 0.3) is 22.3 Å². The highest BCUT2D eigenvalue weighted by Gasteiger charge is 2.61. The monoisotopic (exact) mass is 749 g/mol. The lowest BCUT2D eigenvalue weighted by atomic mass is 9.43. The van der Waals surface area contributed by atoms with Crippen LogP contribution >= 0.6 is 0 Å². The molecule has 0 unspecified atom stereocenters. The number of benzene rings is 5. The SMILES string of the molecule is CC1(C)CCC(C)(C)c2cc(-c3ccc(N(c4ccc5c(c4)-c4ccccc4C54C5CC6CC(C5)CC4C6)c4ccc5c(c4)C(C)(C)CCC5(C)C)cc3)ccc21. The van der Waals surface area contributed by atoms with Gasteiger partial charge in [-0.15, -0.1) is 0 Å². The van der Waals surface area contributed by atoms with E-state index in [0.717, 1.165) is 23.7 Å². The van der Waals surface area contributed by atoms with Crippen LogP contribution in [0.2, 0.25) is 0 Å². The zero-order valence-electron chi connectivity index (χ0n) is 35.9. The van der Waals surface area contributed by atoms with Crippen LogP contribution in [0.3, 0.4) is 0 Å². The molecular weight excluding hydrogens is 687 g/mol. The molecule has 0 heterocycles. The van der Waals surface area contributed by atoms with Crippen LogP contribution in [-0.2, 0) is 27.1 Å². The second-order valence-corrected chi connectivity index (χ2v) is 22.4. The quantitative estimate of drug-likeness (QED) is 0.177. The first kappa shape index (κ1) is 36.0. The van der Waals surface area contributed by atoms with Crippen LogP contribution in [0, 0.1) is 23.7 Å². The molecule has 5 aromatic carbocycles. The van der Waals surface area contributed by atoms with E-state index in [0.29, 0.717) is 0 Å². The molecular formula is C56H63N. The molecule has 4 saturated carbocycles. The molecule has 0 aromatic heterocycles. The van der Waals surface area contributed by atoms with E-state index in [4.69, 9.17) is 0 Å². The van der Waals surface area contributed by atoms with Gasteiger partial charge in [0, 0.05) is 22.5 Å². The molecule has 1 heteroatoms. The van der Waals surface area contributed by atoms with Gasteiger partial charge in [0.25, 0.3) is 0 Å². The summed E-state index contributed by atoms with van der Waals surface area (Å²) in [5.41, 5.74) is 19.6. The van der Waals surface area contributed by atoms with Gasteiger partial charge in [-0.25, -0.2) is 0 Å². The van der Waals surface area contributed by atoms with E-state index in [9.17, 15) is 0 Å². The number of hydrogen-bond acceptors (Lipinski definition) is 1. The second kappa shape index (κ2) is 12.0. The van der Waals surface area contributed by atoms with Crippen molar-refractivity contribution in [3.05, 3.63) is 137 Å². The normalized spacial score (nSPS) is 28.7. The summed E-state index contributed by atoms with van der Waals surface area (Å²) in [6.45, 7) is 19.5. The maximum Gasteiger partial charge on any atom is 0.0468 e. The maximum absolute atomic E-state index is 2.59. The molecule has 0 N–H and O–H groups in total. The Balaban J connectivity index is 1.05. The molecule has 292 valence electrons. The van der Waals surface area contributed by atoms with Crippen molar-refractivity contribution >= 4 is 17.1 Å². The summed E-state index contributed by atoms with van der Waals surface area (Å²) in [5, 5.41) is 0. The maximum atomic E-state index is 2.59. The van der Waals surface area contributed by atoms with Crippen molar-refractivity contribution in [2.45, 2.75) is 140 Å². The lowest BCUT2D eigenvalue weighted by Crippen LogP contribution is -2.55. The Morgan fingerprint density at radius 3 is 1.46 bits per heavy atom. The molecule has 5 aromatic rings. The lowest BCUT2D eigenvalue weighted by Gasteiger charge is -2.61. The summed E-state index contributed by atoms with van der Waals surface area (Å²) in [5.74, 6) is 3.45. The van der Waals surface area contributed by atoms with Gasteiger partial charge in [-0.05, 0) is 195 Å². The van der Waals surface area contributed by atoms with Gasteiger partial charge in [-0.2, -0.15) is 0 Å². The number of hydrogen-bond donors (Lipinski definition) is 0. The molecule has 1 nitrogen and oxygen atoms in total. The predicted octanol–water partition coefficient (Wildman–Crippen LogP) is 15.2. The van der Waals surface area contributed by atoms with Crippen molar-refractivity contribution in [2.75, 3.05) is 4.90 Å². The molecule has 4 fully saturated rings. The second-order valence-electron chi connectivity index (χ2n) is 22.4. The predicted molar refractivity (Wildman–Crippen MR) is 240 cm³/mol. The Bertz CT molecular complexity index is 2410. The first-order valence-corrected chi connectivity index (χ1v) is 22.6. The Labute approximate surface area is 343 Å². The molecule has 7 aliphatic rings. The fourth-order valence-electron chi connectivity index (χ4n) is 14.0. The molecule has 0 atom stereocenters. The molecule has 12 rings (SSSR count). The van der Waals surface area contributed by atoms with E-state index in [1.54, 1.807) is 11.1 Å². The Morgan fingerprint density at radius 2 is 0.842 bits per heavy atom. The summed E-state index contributed by atoms with van der Waals surface area (Å²) in [6, 6.07) is 41.5. The summed E-state index contributed by atoms with van der Waals surface area (Å²) in [6.07, 6.45) is 12.1. The minimum absolute atomic E-state index is 0.133. The molecule has 0 aliphatic heterocycles. The van der Waals surface area contributed by atoms with Gasteiger partial charge in [-0.1, -0.05) is 122 Å².